The molecule has 11 heteroatoms. The van der Waals surface area contributed by atoms with Crippen LogP contribution in [0.5, 0.6) is 0 Å². The molecule has 2 aromatic heterocycles. The van der Waals surface area contributed by atoms with Gasteiger partial charge in [-0.15, -0.1) is 0 Å². The summed E-state index contributed by atoms with van der Waals surface area (Å²) in [6.07, 6.45) is 1.46. The fourth-order valence-corrected chi connectivity index (χ4v) is 3.60. The number of nitrogens with one attached hydrogen (secondary N) is 2. The van der Waals surface area contributed by atoms with Crippen LogP contribution < -0.4 is 10.9 Å². The van der Waals surface area contributed by atoms with E-state index in [4.69, 9.17) is 0 Å². The van der Waals surface area contributed by atoms with E-state index in [0.29, 0.717) is 16.7 Å². The van der Waals surface area contributed by atoms with Crippen molar-refractivity contribution in [3.05, 3.63) is 80.8 Å². The van der Waals surface area contributed by atoms with E-state index in [1.54, 1.807) is 4.68 Å². The van der Waals surface area contributed by atoms with Crippen molar-refractivity contribution in [2.24, 2.45) is 0 Å². The van der Waals surface area contributed by atoms with Crippen molar-refractivity contribution in [1.82, 2.24) is 19.7 Å². The molecule has 4 aromatic rings. The molecule has 0 bridgehead atoms. The maximum atomic E-state index is 12.4. The number of aryl methyl sites for hydroxylation is 1. The number of hydrogen-bond acceptors (Lipinski definition) is 7. The molecule has 10 nitrogen and oxygen atoms in total. The highest BCUT2D eigenvalue weighted by molar-refractivity contribution is 7.99. The first kappa shape index (κ1) is 20.3. The molecule has 1 amide bonds. The Morgan fingerprint density at radius 2 is 1.97 bits per heavy atom. The zero-order valence-corrected chi connectivity index (χ0v) is 17.0. The highest BCUT2D eigenvalue weighted by Crippen LogP contribution is 2.20. The van der Waals surface area contributed by atoms with Crippen LogP contribution in [0.3, 0.4) is 0 Å². The van der Waals surface area contributed by atoms with Gasteiger partial charge < -0.3 is 10.3 Å². The van der Waals surface area contributed by atoms with Crippen LogP contribution in [-0.2, 0) is 4.79 Å². The number of amides is 1. The van der Waals surface area contributed by atoms with Crippen LogP contribution >= 0.6 is 11.8 Å². The lowest BCUT2D eigenvalue weighted by Crippen LogP contribution is -2.15. The fraction of sp³-hybridized carbons (Fsp3) is 0.100. The number of nitrogens with zero attached hydrogens (tertiary/aromatic N) is 4. The van der Waals surface area contributed by atoms with Gasteiger partial charge in [0, 0.05) is 17.8 Å². The highest BCUT2D eigenvalue weighted by atomic mass is 32.2. The van der Waals surface area contributed by atoms with Gasteiger partial charge in [-0.3, -0.25) is 19.7 Å². The molecule has 0 atom stereocenters. The van der Waals surface area contributed by atoms with E-state index in [2.05, 4.69) is 20.4 Å². The molecule has 2 aromatic carbocycles. The number of carbonyl (C=O) groups excluding carboxylic acids is 1. The average Bonchev–Trinajstić information content (AvgIpc) is 3.17. The van der Waals surface area contributed by atoms with Gasteiger partial charge in [-0.25, -0.2) is 9.67 Å². The number of para-hydroxylation sites is 1. The van der Waals surface area contributed by atoms with Gasteiger partial charge in [-0.2, -0.15) is 5.10 Å². The number of H-pyrrole nitrogens is 1. The van der Waals surface area contributed by atoms with Crippen molar-refractivity contribution in [3.63, 3.8) is 0 Å². The van der Waals surface area contributed by atoms with Gasteiger partial charge in [0.05, 0.1) is 22.6 Å². The van der Waals surface area contributed by atoms with Crippen molar-refractivity contribution in [2.45, 2.75) is 12.1 Å². The Morgan fingerprint density at radius 1 is 1.23 bits per heavy atom. The van der Waals surface area contributed by atoms with Crippen LogP contribution in [0, 0.1) is 17.0 Å². The minimum atomic E-state index is -0.513. The van der Waals surface area contributed by atoms with E-state index in [-0.39, 0.29) is 28.1 Å². The lowest BCUT2D eigenvalue weighted by molar-refractivity contribution is -0.384. The Hall–Kier alpha value is -3.99. The number of non-ortho nitro benzene ring substituents is 1. The summed E-state index contributed by atoms with van der Waals surface area (Å²) in [6, 6.07) is 13.1. The quantitative estimate of drug-likeness (QED) is 0.205. The molecule has 0 radical (unpaired) electrons. The molecule has 4 rings (SSSR count). The number of rotatable bonds is 6. The number of hydrogen-bond donors (Lipinski definition) is 2. The molecule has 2 heterocycles. The normalized spacial score (nSPS) is 10.9. The minimum absolute atomic E-state index is 0.00998. The third-order valence-corrected chi connectivity index (χ3v) is 5.34. The number of thioether (sulfide) groups is 1. The summed E-state index contributed by atoms with van der Waals surface area (Å²) in [4.78, 5) is 42.0. The summed E-state index contributed by atoms with van der Waals surface area (Å²) in [5, 5.41) is 18.3. The molecule has 156 valence electrons. The van der Waals surface area contributed by atoms with Crippen LogP contribution in [0.2, 0.25) is 0 Å². The van der Waals surface area contributed by atoms with Crippen molar-refractivity contribution < 1.29 is 9.72 Å². The van der Waals surface area contributed by atoms with Gasteiger partial charge in [0.25, 0.3) is 11.2 Å². The van der Waals surface area contributed by atoms with Crippen LogP contribution in [0.1, 0.15) is 5.56 Å². The van der Waals surface area contributed by atoms with Crippen LogP contribution in [0.25, 0.3) is 16.7 Å². The van der Waals surface area contributed by atoms with Crippen molar-refractivity contribution >= 4 is 40.1 Å². The van der Waals surface area contributed by atoms with Crippen molar-refractivity contribution in [1.29, 1.82) is 0 Å². The zero-order chi connectivity index (χ0) is 22.0. The number of aromatic amines is 1. The Balaban J connectivity index is 1.51. The summed E-state index contributed by atoms with van der Waals surface area (Å²) >= 11 is 1.07. The smallest absolute Gasteiger partial charge is 0.269 e. The number of anilines is 1. The number of aromatic nitrogens is 4. The molecule has 31 heavy (non-hydrogen) atoms. The summed E-state index contributed by atoms with van der Waals surface area (Å²) in [5.41, 5.74) is 2.21. The summed E-state index contributed by atoms with van der Waals surface area (Å²) in [7, 11) is 0. The Kier molecular flexibility index (Phi) is 5.50. The second-order valence-electron chi connectivity index (χ2n) is 6.59. The fourth-order valence-electron chi connectivity index (χ4n) is 2.94. The molecule has 0 saturated heterocycles. The second-order valence-corrected chi connectivity index (χ2v) is 7.56. The molecule has 0 saturated carbocycles. The number of carbonyl (C=O) groups is 1. The van der Waals surface area contributed by atoms with Gasteiger partial charge in [0.1, 0.15) is 5.39 Å². The predicted molar refractivity (Wildman–Crippen MR) is 117 cm³/mol. The molecule has 0 aliphatic heterocycles. The molecule has 0 aliphatic carbocycles. The van der Waals surface area contributed by atoms with E-state index >= 15 is 0 Å². The molecule has 0 unspecified atom stereocenters. The molecule has 2 N–H and O–H groups in total. The molecule has 0 aliphatic rings. The van der Waals surface area contributed by atoms with Gasteiger partial charge in [-0.1, -0.05) is 30.0 Å². The number of nitro benzene ring substituents is 1. The van der Waals surface area contributed by atoms with Crippen LogP contribution in [0.4, 0.5) is 11.4 Å². The molecule has 0 spiro atoms. The van der Waals surface area contributed by atoms with Crippen molar-refractivity contribution in [3.8, 4) is 5.69 Å². The lowest BCUT2D eigenvalue weighted by Gasteiger charge is -2.07. The Labute approximate surface area is 179 Å². The minimum Gasteiger partial charge on any atom is -0.325 e. The van der Waals surface area contributed by atoms with E-state index in [0.717, 1.165) is 23.0 Å². The maximum Gasteiger partial charge on any atom is 0.269 e. The lowest BCUT2D eigenvalue weighted by atomic mass is 10.2. The average molecular weight is 436 g/mol. The largest absolute Gasteiger partial charge is 0.325 e. The van der Waals surface area contributed by atoms with Crippen molar-refractivity contribution in [2.75, 3.05) is 11.1 Å². The second kappa shape index (κ2) is 8.40. The first-order chi connectivity index (χ1) is 14.9. The first-order valence-electron chi connectivity index (χ1n) is 9.13. The number of nitro groups is 1. The standard InChI is InChI=1S/C20H16N6O4S/c1-12-4-2-3-5-16(12)25-18-15(10-21-25)19(28)24-20(23-18)31-11-17(27)22-13-6-8-14(9-7-13)26(29)30/h2-10H,11H2,1H3,(H,22,27)(H,23,24,28). The Morgan fingerprint density at radius 3 is 2.68 bits per heavy atom. The first-order valence-corrected chi connectivity index (χ1v) is 10.1. The highest BCUT2D eigenvalue weighted by Gasteiger charge is 2.14. The Bertz CT molecular complexity index is 1350. The van der Waals surface area contributed by atoms with Gasteiger partial charge >= 0.3 is 0 Å². The maximum absolute atomic E-state index is 12.4. The van der Waals surface area contributed by atoms with E-state index in [1.807, 2.05) is 31.2 Å². The molecule has 0 fully saturated rings. The molecular formula is C20H16N6O4S. The third kappa shape index (κ3) is 4.31. The monoisotopic (exact) mass is 436 g/mol. The summed E-state index contributed by atoms with van der Waals surface area (Å²) < 4.78 is 1.60. The van der Waals surface area contributed by atoms with Crippen LogP contribution in [-0.4, -0.2) is 36.3 Å². The van der Waals surface area contributed by atoms with Crippen LogP contribution in [0.15, 0.2) is 64.7 Å². The zero-order valence-electron chi connectivity index (χ0n) is 16.2. The van der Waals surface area contributed by atoms with E-state index < -0.39 is 4.92 Å². The summed E-state index contributed by atoms with van der Waals surface area (Å²) in [5.74, 6) is -0.349. The van der Waals surface area contributed by atoms with Gasteiger partial charge in [-0.05, 0) is 30.7 Å². The third-order valence-electron chi connectivity index (χ3n) is 4.46. The van der Waals surface area contributed by atoms with E-state index in [1.165, 1.54) is 30.5 Å². The number of fused-ring (bicyclic) bond motifs is 1. The molecular weight excluding hydrogens is 420 g/mol. The van der Waals surface area contributed by atoms with Gasteiger partial charge in [0.15, 0.2) is 10.8 Å². The summed E-state index contributed by atoms with van der Waals surface area (Å²) in [6.45, 7) is 1.94. The number of benzene rings is 2. The van der Waals surface area contributed by atoms with Gasteiger partial charge in [0.2, 0.25) is 5.91 Å². The van der Waals surface area contributed by atoms with E-state index in [9.17, 15) is 19.7 Å². The predicted octanol–water partition coefficient (Wildman–Crippen LogP) is 3.06. The SMILES string of the molecule is Cc1ccccc1-n1ncc2c(=O)[nH]c(SCC(=O)Nc3ccc([N+](=O)[O-])cc3)nc21. The topological polar surface area (TPSA) is 136 Å².